The highest BCUT2D eigenvalue weighted by Crippen LogP contribution is 2.32. The molecule has 1 aliphatic heterocycles. The Kier molecular flexibility index (Phi) is 5.54. The molecule has 1 aliphatic carbocycles. The Hall–Kier alpha value is -1.73. The van der Waals surface area contributed by atoms with Gasteiger partial charge < -0.3 is 9.64 Å². The van der Waals surface area contributed by atoms with Gasteiger partial charge in [-0.25, -0.2) is 5.48 Å². The molecule has 1 aromatic rings. The first kappa shape index (κ1) is 17.6. The zero-order valence-corrected chi connectivity index (χ0v) is 14.0. The number of hydrogen-bond acceptors (Lipinski definition) is 4. The van der Waals surface area contributed by atoms with Gasteiger partial charge in [-0.1, -0.05) is 12.5 Å². The molecule has 0 spiro atoms. The summed E-state index contributed by atoms with van der Waals surface area (Å²) in [5.74, 6) is 0.374. The predicted molar refractivity (Wildman–Crippen MR) is 88.9 cm³/mol. The van der Waals surface area contributed by atoms with Gasteiger partial charge in [-0.05, 0) is 31.9 Å². The van der Waals surface area contributed by atoms with Crippen LogP contribution in [0.4, 0.5) is 0 Å². The molecule has 3 rings (SSSR count). The molecule has 0 bridgehead atoms. The van der Waals surface area contributed by atoms with Gasteiger partial charge in [0, 0.05) is 23.6 Å². The minimum absolute atomic E-state index is 0. The number of hydroxylamine groups is 1. The minimum Gasteiger partial charge on any atom is -0.491 e. The van der Waals surface area contributed by atoms with Gasteiger partial charge in [0.2, 0.25) is 5.91 Å². The zero-order valence-electron chi connectivity index (χ0n) is 13.0. The second-order valence-electron chi connectivity index (χ2n) is 6.02. The summed E-state index contributed by atoms with van der Waals surface area (Å²) in [6.45, 7) is 2.87. The molecule has 1 heterocycles. The molecule has 7 heteroatoms. The molecule has 0 aromatic heterocycles. The minimum atomic E-state index is -0.578. The fourth-order valence-electron chi connectivity index (χ4n) is 2.85. The van der Waals surface area contributed by atoms with Crippen molar-refractivity contribution in [3.8, 4) is 5.75 Å². The van der Waals surface area contributed by atoms with Crippen LogP contribution in [0.15, 0.2) is 18.2 Å². The molecule has 1 fully saturated rings. The van der Waals surface area contributed by atoms with Gasteiger partial charge in [0.1, 0.15) is 12.4 Å². The number of benzene rings is 1. The van der Waals surface area contributed by atoms with Gasteiger partial charge in [0.15, 0.2) is 0 Å². The van der Waals surface area contributed by atoms with E-state index in [1.165, 1.54) is 0 Å². The molecule has 6 nitrogen and oxygen atoms in total. The maximum Gasteiger partial charge on any atom is 0.274 e. The van der Waals surface area contributed by atoms with E-state index in [9.17, 15) is 9.59 Å². The number of nitrogens with one attached hydrogen (secondary N) is 1. The third kappa shape index (κ3) is 3.45. The lowest BCUT2D eigenvalue weighted by atomic mass is 9.84. The fourth-order valence-corrected chi connectivity index (χ4v) is 2.85. The molecule has 0 radical (unpaired) electrons. The molecule has 0 saturated heterocycles. The lowest BCUT2D eigenvalue weighted by Crippen LogP contribution is -2.44. The van der Waals surface area contributed by atoms with E-state index in [4.69, 9.17) is 9.94 Å². The lowest BCUT2D eigenvalue weighted by Gasteiger charge is -2.34. The Bertz CT molecular complexity index is 604. The smallest absolute Gasteiger partial charge is 0.274 e. The molecule has 0 unspecified atom stereocenters. The molecular weight excluding hydrogens is 316 g/mol. The number of ether oxygens (including phenoxy) is 1. The van der Waals surface area contributed by atoms with Crippen molar-refractivity contribution in [3.63, 3.8) is 0 Å². The van der Waals surface area contributed by atoms with E-state index >= 15 is 0 Å². The monoisotopic (exact) mass is 338 g/mol. The number of fused-ring (bicyclic) bond motifs is 1. The maximum atomic E-state index is 12.5. The van der Waals surface area contributed by atoms with Gasteiger partial charge in [0.25, 0.3) is 5.91 Å². The van der Waals surface area contributed by atoms with Crippen LogP contribution in [0, 0.1) is 5.92 Å². The third-order valence-electron chi connectivity index (χ3n) is 4.52. The highest BCUT2D eigenvalue weighted by molar-refractivity contribution is 7.59. The van der Waals surface area contributed by atoms with Gasteiger partial charge >= 0.3 is 0 Å². The van der Waals surface area contributed by atoms with Crippen LogP contribution in [0.3, 0.4) is 0 Å². The van der Waals surface area contributed by atoms with Crippen molar-refractivity contribution in [2.24, 2.45) is 5.92 Å². The molecule has 1 atom stereocenters. The molecule has 2 N–H and O–H groups in total. The van der Waals surface area contributed by atoms with Gasteiger partial charge in [-0.15, -0.1) is 0 Å². The molecular formula is C16H22N2O4S. The molecule has 2 amide bonds. The SMILES string of the molecule is C[C@H]1COc2cc(C(=O)NO)ccc2CN1C(=O)C1CCC1.S. The molecule has 126 valence electrons. The highest BCUT2D eigenvalue weighted by atomic mass is 32.1. The van der Waals surface area contributed by atoms with Crippen molar-refractivity contribution in [3.05, 3.63) is 29.3 Å². The number of amides is 2. The summed E-state index contributed by atoms with van der Waals surface area (Å²) in [5, 5.41) is 8.71. The van der Waals surface area contributed by atoms with Crippen LogP contribution in [0.1, 0.15) is 42.1 Å². The molecule has 2 aliphatic rings. The van der Waals surface area contributed by atoms with Crippen LogP contribution < -0.4 is 10.2 Å². The zero-order chi connectivity index (χ0) is 15.7. The Morgan fingerprint density at radius 2 is 2.09 bits per heavy atom. The standard InChI is InChI=1S/C16H20N2O4.H2S/c1-10-9-22-14-7-12(15(19)17-21)5-6-13(14)8-18(10)16(20)11-3-2-4-11;/h5-7,10-11,21H,2-4,8-9H2,1H3,(H,17,19);1H2/t10-;/m0./s1. The topological polar surface area (TPSA) is 78.9 Å². The van der Waals surface area contributed by atoms with Crippen molar-refractivity contribution in [1.82, 2.24) is 10.4 Å². The first-order valence-electron chi connectivity index (χ1n) is 7.61. The van der Waals surface area contributed by atoms with Crippen LogP contribution in [0.5, 0.6) is 5.75 Å². The van der Waals surface area contributed by atoms with Crippen LogP contribution in [-0.4, -0.2) is 34.6 Å². The summed E-state index contributed by atoms with van der Waals surface area (Å²) >= 11 is 0. The Morgan fingerprint density at radius 1 is 1.35 bits per heavy atom. The largest absolute Gasteiger partial charge is 0.491 e. The third-order valence-corrected chi connectivity index (χ3v) is 4.52. The van der Waals surface area contributed by atoms with E-state index < -0.39 is 5.91 Å². The number of rotatable bonds is 2. The summed E-state index contributed by atoms with van der Waals surface area (Å²) in [6, 6.07) is 5.00. The van der Waals surface area contributed by atoms with Crippen LogP contribution in [-0.2, 0) is 11.3 Å². The Morgan fingerprint density at radius 3 is 2.70 bits per heavy atom. The summed E-state index contributed by atoms with van der Waals surface area (Å²) in [5.41, 5.74) is 2.82. The number of carbonyl (C=O) groups excluding carboxylic acids is 2. The summed E-state index contributed by atoms with van der Waals surface area (Å²) in [7, 11) is 0. The van der Waals surface area contributed by atoms with Crippen LogP contribution >= 0.6 is 13.5 Å². The van der Waals surface area contributed by atoms with E-state index in [0.717, 1.165) is 24.8 Å². The van der Waals surface area contributed by atoms with Crippen molar-refractivity contribution in [1.29, 1.82) is 0 Å². The number of nitrogens with zero attached hydrogens (tertiary/aromatic N) is 1. The van der Waals surface area contributed by atoms with E-state index in [0.29, 0.717) is 24.5 Å². The van der Waals surface area contributed by atoms with Gasteiger partial charge in [0.05, 0.1) is 6.04 Å². The van der Waals surface area contributed by atoms with Gasteiger partial charge in [-0.3, -0.25) is 14.8 Å². The highest BCUT2D eigenvalue weighted by Gasteiger charge is 2.33. The van der Waals surface area contributed by atoms with Crippen molar-refractivity contribution in [2.75, 3.05) is 6.61 Å². The summed E-state index contributed by atoms with van der Waals surface area (Å²) < 4.78 is 5.75. The van der Waals surface area contributed by atoms with Crippen LogP contribution in [0.2, 0.25) is 0 Å². The first-order chi connectivity index (χ1) is 10.6. The Balaban J connectivity index is 0.00000192. The Labute approximate surface area is 142 Å². The average molecular weight is 338 g/mol. The van der Waals surface area contributed by atoms with Gasteiger partial charge in [-0.2, -0.15) is 13.5 Å². The van der Waals surface area contributed by atoms with E-state index in [1.54, 1.807) is 23.7 Å². The average Bonchev–Trinajstić information content (AvgIpc) is 2.63. The second kappa shape index (κ2) is 7.23. The normalized spacial score (nSPS) is 20.3. The quantitative estimate of drug-likeness (QED) is 0.637. The van der Waals surface area contributed by atoms with Crippen LogP contribution in [0.25, 0.3) is 0 Å². The first-order valence-corrected chi connectivity index (χ1v) is 7.61. The second-order valence-corrected chi connectivity index (χ2v) is 6.02. The fraction of sp³-hybridized carbons (Fsp3) is 0.500. The van der Waals surface area contributed by atoms with Crippen molar-refractivity contribution < 1.29 is 19.5 Å². The number of carbonyl (C=O) groups is 2. The molecule has 23 heavy (non-hydrogen) atoms. The maximum absolute atomic E-state index is 12.5. The van der Waals surface area contributed by atoms with E-state index in [-0.39, 0.29) is 31.4 Å². The summed E-state index contributed by atoms with van der Waals surface area (Å²) in [4.78, 5) is 25.9. The van der Waals surface area contributed by atoms with E-state index in [2.05, 4.69) is 0 Å². The van der Waals surface area contributed by atoms with E-state index in [1.807, 2.05) is 11.8 Å². The van der Waals surface area contributed by atoms with Crippen molar-refractivity contribution >= 4 is 25.3 Å². The molecule has 1 saturated carbocycles. The van der Waals surface area contributed by atoms with Crippen molar-refractivity contribution in [2.45, 2.75) is 38.8 Å². The summed E-state index contributed by atoms with van der Waals surface area (Å²) in [6.07, 6.45) is 3.09. The number of hydrogen-bond donors (Lipinski definition) is 2. The predicted octanol–water partition coefficient (Wildman–Crippen LogP) is 1.83. The molecule has 1 aromatic carbocycles. The lowest BCUT2D eigenvalue weighted by molar-refractivity contribution is -0.141.